The van der Waals surface area contributed by atoms with E-state index in [9.17, 15) is 17.8 Å². The Morgan fingerprint density at radius 2 is 1.56 bits per heavy atom. The predicted molar refractivity (Wildman–Crippen MR) is 251 cm³/mol. The van der Waals surface area contributed by atoms with Gasteiger partial charge in [-0.05, 0) is 98.5 Å². The minimum absolute atomic E-state index is 0.138. The summed E-state index contributed by atoms with van der Waals surface area (Å²) >= 11 is 0. The number of hydrogen-bond donors (Lipinski definition) is 1. The van der Waals surface area contributed by atoms with E-state index in [1.54, 1.807) is 14.2 Å². The van der Waals surface area contributed by atoms with Crippen LogP contribution in [-0.4, -0.2) is 108 Å². The van der Waals surface area contributed by atoms with Crippen LogP contribution in [0.2, 0.25) is 0 Å². The van der Waals surface area contributed by atoms with Crippen molar-refractivity contribution in [3.05, 3.63) is 119 Å². The molecule has 1 unspecified atom stereocenters. The average molecular weight is 880 g/mol. The Morgan fingerprint density at radius 1 is 0.857 bits per heavy atom. The molecule has 0 bridgehead atoms. The van der Waals surface area contributed by atoms with Crippen LogP contribution in [0.1, 0.15) is 69.2 Å². The number of aryl methyl sites for hydroxylation is 1. The second kappa shape index (κ2) is 23.2. The van der Waals surface area contributed by atoms with Crippen LogP contribution in [-0.2, 0) is 57.5 Å². The van der Waals surface area contributed by atoms with Crippen molar-refractivity contribution in [2.24, 2.45) is 0 Å². The summed E-state index contributed by atoms with van der Waals surface area (Å²) in [6, 6.07) is 21.5. The third kappa shape index (κ3) is 12.9. The summed E-state index contributed by atoms with van der Waals surface area (Å²) in [5.41, 5.74) is 9.94. The number of nitrogens with zero attached hydrogens (tertiary/aromatic N) is 2. The molecule has 11 nitrogen and oxygen atoms in total. The molecule has 2 aliphatic rings. The summed E-state index contributed by atoms with van der Waals surface area (Å²) in [4.78, 5) is 15.0. The van der Waals surface area contributed by atoms with Crippen LogP contribution >= 0.6 is 0 Å². The number of carbonyl (C=O) groups is 1. The molecule has 0 fully saturated rings. The molecule has 3 aromatic rings. The Bertz CT molecular complexity index is 2310. The highest BCUT2D eigenvalue weighted by Crippen LogP contribution is 2.51. The van der Waals surface area contributed by atoms with Crippen molar-refractivity contribution >= 4 is 33.1 Å². The number of fused-ring (bicyclic) bond motifs is 2. The van der Waals surface area contributed by atoms with Crippen LogP contribution in [0, 0.1) is 12.3 Å². The standard InChI is InChI=1S/C51H65N3O8S/c1-8-26-52-49(55)37-40-19-23-46-44(36-40)51(5,25-13-35-63(56,57)58)48(53(46)27-14-29-61-33-31-59-6)16-12-10-11-15-47-50(3,4)43-38-42(41-20-17-39(9-2)18-21-41)22-24-45(43)54(47)28-30-62-34-32-60-7/h1,10-12,15-24,36,38H,9,13-14,25-35,37H2,2-7H3,(H-,52,55,56,57,58). The number of carbonyl (C=O) groups excluding carboxylic acids is 1. The smallest absolute Gasteiger partial charge is 0.225 e. The second-order valence-corrected chi connectivity index (χ2v) is 18.2. The van der Waals surface area contributed by atoms with Gasteiger partial charge in [0.05, 0.1) is 54.9 Å². The first kappa shape index (κ1) is 49.2. The van der Waals surface area contributed by atoms with Gasteiger partial charge in [-0.3, -0.25) is 4.79 Å². The SMILES string of the molecule is C#CCNC(=O)Cc1ccc2c(c1)C(C)(CCCS(=O)(=O)[O-])\C(=C/C=C/C=C/C1=[N+](CCOCCOC)c3ccc(-c4ccc(CC)cc4)cc3C1(C)C)N2CCCOCCOC. The molecule has 0 aliphatic carbocycles. The van der Waals surface area contributed by atoms with Crippen LogP contribution in [0.4, 0.5) is 11.4 Å². The quantitative estimate of drug-likeness (QED) is 0.0305. The Labute approximate surface area is 375 Å². The molecule has 0 spiro atoms. The zero-order valence-corrected chi connectivity index (χ0v) is 38.7. The van der Waals surface area contributed by atoms with Gasteiger partial charge in [-0.1, -0.05) is 67.5 Å². The largest absolute Gasteiger partial charge is 0.748 e. The number of terminal acetylenes is 1. The monoisotopic (exact) mass is 879 g/mol. The number of nitrogens with one attached hydrogen (secondary N) is 1. The van der Waals surface area contributed by atoms with Gasteiger partial charge in [0.2, 0.25) is 11.6 Å². The minimum Gasteiger partial charge on any atom is -0.748 e. The number of hydrogen-bond acceptors (Lipinski definition) is 9. The van der Waals surface area contributed by atoms with Crippen molar-refractivity contribution in [2.45, 2.75) is 70.6 Å². The summed E-state index contributed by atoms with van der Waals surface area (Å²) in [6.07, 6.45) is 18.2. The van der Waals surface area contributed by atoms with Gasteiger partial charge in [0.15, 0.2) is 12.3 Å². The molecule has 1 amide bonds. The predicted octanol–water partition coefficient (Wildman–Crippen LogP) is 7.40. The van der Waals surface area contributed by atoms with Crippen molar-refractivity contribution in [3.8, 4) is 23.5 Å². The van der Waals surface area contributed by atoms with Gasteiger partial charge in [0, 0.05) is 67.6 Å². The van der Waals surface area contributed by atoms with Crippen LogP contribution in [0.15, 0.2) is 96.7 Å². The molecule has 3 aromatic carbocycles. The number of rotatable bonds is 25. The molecule has 0 radical (unpaired) electrons. The van der Waals surface area contributed by atoms with E-state index in [-0.39, 0.29) is 30.7 Å². The first-order valence-electron chi connectivity index (χ1n) is 21.9. The lowest BCUT2D eigenvalue weighted by atomic mass is 9.77. The highest BCUT2D eigenvalue weighted by Gasteiger charge is 2.45. The first-order chi connectivity index (χ1) is 30.3. The summed E-state index contributed by atoms with van der Waals surface area (Å²) < 4.78 is 59.9. The van der Waals surface area contributed by atoms with Crippen molar-refractivity contribution in [1.82, 2.24) is 5.32 Å². The first-order valence-corrected chi connectivity index (χ1v) is 23.5. The molecule has 0 saturated carbocycles. The molecule has 0 aromatic heterocycles. The lowest BCUT2D eigenvalue weighted by Gasteiger charge is -2.31. The van der Waals surface area contributed by atoms with Gasteiger partial charge >= 0.3 is 0 Å². The molecule has 63 heavy (non-hydrogen) atoms. The van der Waals surface area contributed by atoms with Crippen LogP contribution in [0.5, 0.6) is 0 Å². The Balaban J connectivity index is 1.50. The normalized spacial score (nSPS) is 17.6. The van der Waals surface area contributed by atoms with Crippen molar-refractivity contribution in [1.29, 1.82) is 0 Å². The molecule has 12 heteroatoms. The van der Waals surface area contributed by atoms with Gasteiger partial charge in [0.1, 0.15) is 6.61 Å². The Kier molecular flexibility index (Phi) is 18.1. The molecule has 0 saturated heterocycles. The summed E-state index contributed by atoms with van der Waals surface area (Å²) in [6.45, 7) is 13.3. The highest BCUT2D eigenvalue weighted by molar-refractivity contribution is 7.85. The molecule has 1 atom stereocenters. The fraction of sp³-hybridized carbons (Fsp3) is 0.451. The topological polar surface area (TPSA) is 129 Å². The van der Waals surface area contributed by atoms with E-state index in [4.69, 9.17) is 25.4 Å². The number of benzene rings is 3. The van der Waals surface area contributed by atoms with Crippen molar-refractivity contribution in [3.63, 3.8) is 0 Å². The fourth-order valence-electron chi connectivity index (χ4n) is 8.57. The lowest BCUT2D eigenvalue weighted by molar-refractivity contribution is -0.442. The van der Waals surface area contributed by atoms with Gasteiger partial charge < -0.3 is 33.7 Å². The maximum Gasteiger partial charge on any atom is 0.225 e. The molecular formula is C51H65N3O8S. The van der Waals surface area contributed by atoms with Gasteiger partial charge in [0.25, 0.3) is 0 Å². The third-order valence-electron chi connectivity index (χ3n) is 11.9. The molecule has 5 rings (SSSR count). The van der Waals surface area contributed by atoms with E-state index in [1.165, 1.54) is 22.3 Å². The van der Waals surface area contributed by atoms with E-state index < -0.39 is 21.3 Å². The van der Waals surface area contributed by atoms with E-state index in [2.05, 4.69) is 109 Å². The van der Waals surface area contributed by atoms with Crippen LogP contribution < -0.4 is 10.2 Å². The molecule has 2 heterocycles. The van der Waals surface area contributed by atoms with E-state index >= 15 is 0 Å². The third-order valence-corrected chi connectivity index (χ3v) is 12.7. The van der Waals surface area contributed by atoms with Gasteiger partial charge in [-0.15, -0.1) is 6.42 Å². The van der Waals surface area contributed by atoms with Gasteiger partial charge in [-0.25, -0.2) is 8.42 Å². The number of ether oxygens (including phenoxy) is 4. The van der Waals surface area contributed by atoms with Crippen molar-refractivity contribution in [2.75, 3.05) is 84.1 Å². The van der Waals surface area contributed by atoms with E-state index in [0.717, 1.165) is 46.8 Å². The zero-order chi connectivity index (χ0) is 45.5. The number of anilines is 1. The minimum atomic E-state index is -4.43. The molecule has 1 N–H and O–H groups in total. The molecule has 2 aliphatic heterocycles. The summed E-state index contributed by atoms with van der Waals surface area (Å²) in [7, 11) is -1.11. The molecular weight excluding hydrogens is 815 g/mol. The highest BCUT2D eigenvalue weighted by atomic mass is 32.2. The van der Waals surface area contributed by atoms with E-state index in [1.807, 2.05) is 30.4 Å². The Hall–Kier alpha value is -4.87. The maximum absolute atomic E-state index is 12.7. The lowest BCUT2D eigenvalue weighted by Crippen LogP contribution is -2.30. The number of methoxy groups -OCH3 is 2. The molecule has 338 valence electrons. The van der Waals surface area contributed by atoms with Crippen LogP contribution in [0.25, 0.3) is 11.1 Å². The van der Waals surface area contributed by atoms with Crippen molar-refractivity contribution < 1.29 is 41.3 Å². The van der Waals surface area contributed by atoms with Crippen LogP contribution in [0.3, 0.4) is 0 Å². The fourth-order valence-corrected chi connectivity index (χ4v) is 9.07. The number of allylic oxidation sites excluding steroid dienone is 6. The Morgan fingerprint density at radius 3 is 2.24 bits per heavy atom. The maximum atomic E-state index is 12.7. The summed E-state index contributed by atoms with van der Waals surface area (Å²) in [5, 5.41) is 2.74. The number of amides is 1. The summed E-state index contributed by atoms with van der Waals surface area (Å²) in [5.74, 6) is 1.78. The average Bonchev–Trinajstić information content (AvgIpc) is 3.61. The second-order valence-electron chi connectivity index (χ2n) is 16.7. The van der Waals surface area contributed by atoms with E-state index in [0.29, 0.717) is 59.2 Å². The zero-order valence-electron chi connectivity index (χ0n) is 37.9. The van der Waals surface area contributed by atoms with Gasteiger partial charge in [-0.2, -0.15) is 4.58 Å².